The van der Waals surface area contributed by atoms with Gasteiger partial charge in [-0.1, -0.05) is 30.3 Å². The maximum Gasteiger partial charge on any atom is 0.277 e. The largest absolute Gasteiger partial charge is 0.395 e. The van der Waals surface area contributed by atoms with Gasteiger partial charge in [-0.15, -0.1) is 0 Å². The van der Waals surface area contributed by atoms with Crippen molar-refractivity contribution in [3.05, 3.63) is 77.2 Å². The van der Waals surface area contributed by atoms with Crippen LogP contribution in [0, 0.1) is 5.82 Å². The van der Waals surface area contributed by atoms with Crippen LogP contribution in [0.1, 0.15) is 15.9 Å². The van der Waals surface area contributed by atoms with Crippen LogP contribution in [0.15, 0.2) is 60.3 Å². The van der Waals surface area contributed by atoms with Crippen molar-refractivity contribution in [3.63, 3.8) is 0 Å². The van der Waals surface area contributed by atoms with Gasteiger partial charge >= 0.3 is 0 Å². The van der Waals surface area contributed by atoms with E-state index in [1.165, 1.54) is 6.07 Å². The van der Waals surface area contributed by atoms with Crippen LogP contribution in [-0.2, 0) is 16.0 Å². The van der Waals surface area contributed by atoms with E-state index in [-0.39, 0.29) is 42.3 Å². The third-order valence-corrected chi connectivity index (χ3v) is 4.09. The summed E-state index contributed by atoms with van der Waals surface area (Å²) in [6, 6.07) is 12.6. The lowest BCUT2D eigenvalue weighted by Crippen LogP contribution is -2.34. The van der Waals surface area contributed by atoms with E-state index in [1.54, 1.807) is 24.3 Å². The van der Waals surface area contributed by atoms with Gasteiger partial charge in [0.05, 0.1) is 13.2 Å². The lowest BCUT2D eigenvalue weighted by molar-refractivity contribution is -0.137. The number of Topliss-reactive ketones (excluding diaryl/α,β-unsaturated/α-hetero) is 1. The normalized spacial score (nSPS) is 13.7. The molecule has 1 aliphatic rings. The molecule has 0 bridgehead atoms. The van der Waals surface area contributed by atoms with Gasteiger partial charge < -0.3 is 10.4 Å². The molecule has 0 aliphatic carbocycles. The first-order valence-electron chi connectivity index (χ1n) is 8.31. The topological polar surface area (TPSA) is 86.7 Å². The van der Waals surface area contributed by atoms with Gasteiger partial charge in [-0.3, -0.25) is 19.3 Å². The molecule has 27 heavy (non-hydrogen) atoms. The van der Waals surface area contributed by atoms with E-state index in [4.69, 9.17) is 5.11 Å². The minimum Gasteiger partial charge on any atom is -0.395 e. The highest BCUT2D eigenvalue weighted by atomic mass is 19.1. The molecule has 138 valence electrons. The first-order valence-corrected chi connectivity index (χ1v) is 8.31. The van der Waals surface area contributed by atoms with Gasteiger partial charge in [0.2, 0.25) is 0 Å². The Morgan fingerprint density at radius 3 is 2.56 bits per heavy atom. The molecule has 1 heterocycles. The number of aliphatic hydroxyl groups excluding tert-OH is 1. The second kappa shape index (κ2) is 7.92. The Balaban J connectivity index is 1.85. The molecule has 2 N–H and O–H groups in total. The first-order chi connectivity index (χ1) is 13.0. The maximum absolute atomic E-state index is 13.7. The molecule has 0 aromatic heterocycles. The Morgan fingerprint density at radius 2 is 1.85 bits per heavy atom. The summed E-state index contributed by atoms with van der Waals surface area (Å²) >= 11 is 0. The number of amides is 2. The zero-order chi connectivity index (χ0) is 19.4. The fourth-order valence-electron chi connectivity index (χ4n) is 2.79. The monoisotopic (exact) mass is 368 g/mol. The number of carbonyl (C=O) groups excluding carboxylic acids is 3. The molecular weight excluding hydrogens is 351 g/mol. The zero-order valence-electron chi connectivity index (χ0n) is 14.3. The van der Waals surface area contributed by atoms with Gasteiger partial charge in [-0.25, -0.2) is 4.39 Å². The van der Waals surface area contributed by atoms with Gasteiger partial charge in [0.1, 0.15) is 11.5 Å². The van der Waals surface area contributed by atoms with Crippen molar-refractivity contribution >= 4 is 23.3 Å². The summed E-state index contributed by atoms with van der Waals surface area (Å²) in [4.78, 5) is 37.6. The van der Waals surface area contributed by atoms with Crippen molar-refractivity contribution in [2.75, 3.05) is 18.5 Å². The fourth-order valence-corrected chi connectivity index (χ4v) is 2.79. The second-order valence-corrected chi connectivity index (χ2v) is 5.98. The fraction of sp³-hybridized carbons (Fsp3) is 0.150. The van der Waals surface area contributed by atoms with E-state index in [2.05, 4.69) is 5.32 Å². The molecule has 0 saturated carbocycles. The number of imide groups is 1. The number of benzene rings is 2. The minimum absolute atomic E-state index is 0.0335. The average molecular weight is 368 g/mol. The van der Waals surface area contributed by atoms with Crippen molar-refractivity contribution in [2.24, 2.45) is 0 Å². The van der Waals surface area contributed by atoms with Crippen LogP contribution in [0.4, 0.5) is 10.1 Å². The van der Waals surface area contributed by atoms with Crippen LogP contribution in [0.2, 0.25) is 0 Å². The van der Waals surface area contributed by atoms with Crippen LogP contribution in [-0.4, -0.2) is 40.8 Å². The first kappa shape index (κ1) is 18.5. The summed E-state index contributed by atoms with van der Waals surface area (Å²) in [5.74, 6) is -2.08. The molecule has 0 fully saturated rings. The Hall–Kier alpha value is -3.32. The van der Waals surface area contributed by atoms with Gasteiger partial charge in [0, 0.05) is 23.7 Å². The number of rotatable bonds is 7. The number of β-amino-alcohol motifs (C(OH)–C–C–N with tert-alkyl or cyclic N) is 1. The average Bonchev–Trinajstić information content (AvgIpc) is 2.92. The molecule has 0 radical (unpaired) electrons. The third kappa shape index (κ3) is 4.09. The molecule has 0 saturated heterocycles. The van der Waals surface area contributed by atoms with E-state index in [9.17, 15) is 18.8 Å². The summed E-state index contributed by atoms with van der Waals surface area (Å²) in [5.41, 5.74) is 1.06. The molecule has 0 atom stereocenters. The van der Waals surface area contributed by atoms with E-state index in [0.29, 0.717) is 0 Å². The van der Waals surface area contributed by atoms with Crippen LogP contribution >= 0.6 is 0 Å². The predicted octanol–water partition coefficient (Wildman–Crippen LogP) is 1.91. The number of hydrogen-bond donors (Lipinski definition) is 2. The molecule has 1 aliphatic heterocycles. The number of carbonyl (C=O) groups is 3. The lowest BCUT2D eigenvalue weighted by Gasteiger charge is -2.15. The van der Waals surface area contributed by atoms with E-state index in [0.717, 1.165) is 28.7 Å². The zero-order valence-corrected chi connectivity index (χ0v) is 14.3. The summed E-state index contributed by atoms with van der Waals surface area (Å²) < 4.78 is 13.7. The molecule has 3 rings (SSSR count). The third-order valence-electron chi connectivity index (χ3n) is 4.09. The number of halogens is 1. The number of ketones is 1. The summed E-state index contributed by atoms with van der Waals surface area (Å²) in [6.07, 6.45) is 1.16. The van der Waals surface area contributed by atoms with Crippen molar-refractivity contribution in [1.29, 1.82) is 0 Å². The number of nitrogens with one attached hydrogen (secondary N) is 1. The SMILES string of the molecule is O=C(Cc1ccccc1)c1cc(F)ccc1NC1=CC(=O)N(CCO)C1=O. The van der Waals surface area contributed by atoms with Gasteiger partial charge in [-0.05, 0) is 23.8 Å². The minimum atomic E-state index is -0.611. The molecule has 0 spiro atoms. The second-order valence-electron chi connectivity index (χ2n) is 5.98. The number of nitrogens with zero attached hydrogens (tertiary/aromatic N) is 1. The Morgan fingerprint density at radius 1 is 1.11 bits per heavy atom. The summed E-state index contributed by atoms with van der Waals surface area (Å²) in [7, 11) is 0. The molecular formula is C20H17FN2O4. The highest BCUT2D eigenvalue weighted by Gasteiger charge is 2.31. The Kier molecular flexibility index (Phi) is 5.42. The summed E-state index contributed by atoms with van der Waals surface area (Å²) in [6.45, 7) is -0.474. The number of hydrogen-bond acceptors (Lipinski definition) is 5. The highest BCUT2D eigenvalue weighted by molar-refractivity contribution is 6.18. The lowest BCUT2D eigenvalue weighted by atomic mass is 10.0. The molecule has 2 amide bonds. The summed E-state index contributed by atoms with van der Waals surface area (Å²) in [5, 5.41) is 11.7. The van der Waals surface area contributed by atoms with Crippen LogP contribution < -0.4 is 5.32 Å². The highest BCUT2D eigenvalue weighted by Crippen LogP contribution is 2.23. The molecule has 6 nitrogen and oxygen atoms in total. The van der Waals surface area contributed by atoms with Crippen molar-refractivity contribution < 1.29 is 23.9 Å². The Bertz CT molecular complexity index is 925. The Labute approximate surface area is 154 Å². The van der Waals surface area contributed by atoms with Crippen LogP contribution in [0.5, 0.6) is 0 Å². The maximum atomic E-state index is 13.7. The standard InChI is InChI=1S/C20H17FN2O4/c21-14-6-7-16(22-17-12-19(26)23(8-9-24)20(17)27)15(11-14)18(25)10-13-4-2-1-3-5-13/h1-7,11-12,22,24H,8-10H2. The smallest absolute Gasteiger partial charge is 0.277 e. The predicted molar refractivity (Wildman–Crippen MR) is 96.4 cm³/mol. The molecule has 7 heteroatoms. The molecule has 2 aromatic carbocycles. The van der Waals surface area contributed by atoms with Gasteiger partial charge in [0.15, 0.2) is 5.78 Å². The van der Waals surface area contributed by atoms with E-state index < -0.39 is 17.6 Å². The van der Waals surface area contributed by atoms with E-state index >= 15 is 0 Å². The van der Waals surface area contributed by atoms with Crippen LogP contribution in [0.25, 0.3) is 0 Å². The van der Waals surface area contributed by atoms with Crippen molar-refractivity contribution in [2.45, 2.75) is 6.42 Å². The quantitative estimate of drug-likeness (QED) is 0.576. The van der Waals surface area contributed by atoms with Crippen molar-refractivity contribution in [1.82, 2.24) is 4.90 Å². The number of aliphatic hydroxyl groups is 1. The molecule has 2 aromatic rings. The number of anilines is 1. The van der Waals surface area contributed by atoms with Gasteiger partial charge in [0.25, 0.3) is 11.8 Å². The van der Waals surface area contributed by atoms with E-state index in [1.807, 2.05) is 6.07 Å². The molecule has 0 unspecified atom stereocenters. The van der Waals surface area contributed by atoms with Crippen LogP contribution in [0.3, 0.4) is 0 Å². The van der Waals surface area contributed by atoms with Crippen molar-refractivity contribution in [3.8, 4) is 0 Å². The van der Waals surface area contributed by atoms with Gasteiger partial charge in [-0.2, -0.15) is 0 Å².